The maximum atomic E-state index is 15.2. The zero-order chi connectivity index (χ0) is 22.9. The average molecular weight is 451 g/mol. The van der Waals surface area contributed by atoms with Crippen LogP contribution in [0.4, 0.5) is 16.0 Å². The number of hydrogen-bond acceptors (Lipinski definition) is 8. The second-order valence-corrected chi connectivity index (χ2v) is 9.44. The van der Waals surface area contributed by atoms with Gasteiger partial charge >= 0.3 is 0 Å². The fraction of sp³-hybridized carbons (Fsp3) is 0.714. The summed E-state index contributed by atoms with van der Waals surface area (Å²) in [6.45, 7) is 2.33. The Bertz CT molecular complexity index is 861. The highest BCUT2D eigenvalue weighted by Gasteiger charge is 2.55. The molecule has 4 rings (SSSR count). The van der Waals surface area contributed by atoms with Crippen LogP contribution >= 0.6 is 0 Å². The molecule has 32 heavy (non-hydrogen) atoms. The first-order chi connectivity index (χ1) is 15.3. The normalized spacial score (nSPS) is 22.8. The van der Waals surface area contributed by atoms with Crippen LogP contribution in [0.25, 0.3) is 0 Å². The van der Waals surface area contributed by atoms with E-state index in [0.29, 0.717) is 36.3 Å². The van der Waals surface area contributed by atoms with Crippen molar-refractivity contribution in [3.05, 3.63) is 11.6 Å². The Balaban J connectivity index is 1.44. The predicted molar refractivity (Wildman–Crippen MR) is 113 cm³/mol. The molecule has 11 heteroatoms. The first kappa shape index (κ1) is 22.7. The molecule has 1 saturated heterocycles. The standard InChI is InChI=1S/C21H31FN6O4/c1-13-23-18(17(22)19(24-13)27-10-16(30)21(11-27)6-7-21)25-26-20(31)15(9-28(32)12-29)8-14-4-2-3-5-14/h12,14-16,30,32H,2-11H2,1H3,(H,26,31)(H,23,24,25)/t15-,16?/m1/s1. The molecule has 1 aromatic rings. The van der Waals surface area contributed by atoms with Crippen LogP contribution < -0.4 is 15.8 Å². The molecule has 2 saturated carbocycles. The summed E-state index contributed by atoms with van der Waals surface area (Å²) < 4.78 is 15.2. The molecule has 2 amide bonds. The topological polar surface area (TPSA) is 131 Å². The van der Waals surface area contributed by atoms with Crippen LogP contribution in [0.5, 0.6) is 0 Å². The van der Waals surface area contributed by atoms with Gasteiger partial charge in [0.15, 0.2) is 11.6 Å². The van der Waals surface area contributed by atoms with Gasteiger partial charge in [-0.1, -0.05) is 25.7 Å². The van der Waals surface area contributed by atoms with Crippen molar-refractivity contribution in [2.45, 2.75) is 58.0 Å². The molecule has 0 bridgehead atoms. The Morgan fingerprint density at radius 1 is 1.38 bits per heavy atom. The minimum atomic E-state index is -0.704. The summed E-state index contributed by atoms with van der Waals surface area (Å²) in [5.74, 6) is -1.19. The van der Waals surface area contributed by atoms with E-state index in [1.807, 2.05) is 0 Å². The molecule has 3 fully saturated rings. The minimum absolute atomic E-state index is 0.0991. The van der Waals surface area contributed by atoms with Crippen molar-refractivity contribution in [1.29, 1.82) is 0 Å². The van der Waals surface area contributed by atoms with Gasteiger partial charge in [-0.05, 0) is 32.1 Å². The monoisotopic (exact) mass is 450 g/mol. The molecule has 1 aromatic heterocycles. The molecule has 1 aliphatic heterocycles. The van der Waals surface area contributed by atoms with Gasteiger partial charge < -0.3 is 10.0 Å². The van der Waals surface area contributed by atoms with Crippen molar-refractivity contribution in [2.75, 3.05) is 30.0 Å². The van der Waals surface area contributed by atoms with Crippen molar-refractivity contribution in [3.63, 3.8) is 0 Å². The predicted octanol–water partition coefficient (Wildman–Crippen LogP) is 1.37. The molecular formula is C21H31FN6O4. The van der Waals surface area contributed by atoms with Crippen LogP contribution in [0.2, 0.25) is 0 Å². The largest absolute Gasteiger partial charge is 0.391 e. The molecule has 1 unspecified atom stereocenters. The van der Waals surface area contributed by atoms with Gasteiger partial charge in [-0.2, -0.15) is 4.39 Å². The summed E-state index contributed by atoms with van der Waals surface area (Å²) in [6, 6.07) is 0. The number of carbonyl (C=O) groups is 2. The summed E-state index contributed by atoms with van der Waals surface area (Å²) in [7, 11) is 0. The fourth-order valence-electron chi connectivity index (χ4n) is 5.01. The van der Waals surface area contributed by atoms with Gasteiger partial charge in [0.2, 0.25) is 18.1 Å². The second-order valence-electron chi connectivity index (χ2n) is 9.44. The van der Waals surface area contributed by atoms with E-state index in [0.717, 1.165) is 38.5 Å². The number of hydrogen-bond donors (Lipinski definition) is 4. The number of halogens is 1. The van der Waals surface area contributed by atoms with Crippen molar-refractivity contribution >= 4 is 24.0 Å². The maximum Gasteiger partial charge on any atom is 0.243 e. The number of amides is 2. The number of aromatic nitrogens is 2. The highest BCUT2D eigenvalue weighted by atomic mass is 19.1. The van der Waals surface area contributed by atoms with Crippen LogP contribution in [-0.4, -0.2) is 63.4 Å². The fourth-order valence-corrected chi connectivity index (χ4v) is 5.01. The van der Waals surface area contributed by atoms with E-state index in [1.54, 1.807) is 11.8 Å². The molecule has 2 aliphatic carbocycles. The summed E-state index contributed by atoms with van der Waals surface area (Å²) in [5.41, 5.74) is 4.89. The minimum Gasteiger partial charge on any atom is -0.391 e. The Kier molecular flexibility index (Phi) is 6.47. The van der Waals surface area contributed by atoms with Gasteiger partial charge in [-0.15, -0.1) is 0 Å². The number of aliphatic hydroxyl groups is 1. The van der Waals surface area contributed by atoms with Crippen LogP contribution in [-0.2, 0) is 9.59 Å². The van der Waals surface area contributed by atoms with Gasteiger partial charge in [0, 0.05) is 18.5 Å². The number of anilines is 2. The zero-order valence-electron chi connectivity index (χ0n) is 18.3. The molecule has 2 atom stereocenters. The molecule has 176 valence electrons. The van der Waals surface area contributed by atoms with E-state index < -0.39 is 23.7 Å². The molecular weight excluding hydrogens is 419 g/mol. The number of aryl methyl sites for hydroxylation is 1. The number of hydroxylamine groups is 2. The summed E-state index contributed by atoms with van der Waals surface area (Å²) in [5, 5.41) is 20.4. The Morgan fingerprint density at radius 2 is 2.09 bits per heavy atom. The number of rotatable bonds is 9. The van der Waals surface area contributed by atoms with E-state index in [1.165, 1.54) is 0 Å². The van der Waals surface area contributed by atoms with Gasteiger partial charge in [0.25, 0.3) is 0 Å². The van der Waals surface area contributed by atoms with Crippen molar-refractivity contribution in [2.24, 2.45) is 17.3 Å². The molecule has 1 spiro atoms. The van der Waals surface area contributed by atoms with E-state index in [4.69, 9.17) is 0 Å². The summed E-state index contributed by atoms with van der Waals surface area (Å²) in [6.07, 6.45) is 6.35. The molecule has 4 N–H and O–H groups in total. The van der Waals surface area contributed by atoms with Gasteiger partial charge in [-0.25, -0.2) is 15.0 Å². The van der Waals surface area contributed by atoms with Crippen LogP contribution in [0, 0.1) is 30.0 Å². The smallest absolute Gasteiger partial charge is 0.243 e. The Labute approximate surface area is 186 Å². The van der Waals surface area contributed by atoms with Gasteiger partial charge in [0.1, 0.15) is 5.82 Å². The number of nitrogens with one attached hydrogen (secondary N) is 2. The lowest BCUT2D eigenvalue weighted by molar-refractivity contribution is -0.154. The summed E-state index contributed by atoms with van der Waals surface area (Å²) in [4.78, 5) is 33.7. The Morgan fingerprint density at radius 3 is 2.72 bits per heavy atom. The lowest BCUT2D eigenvalue weighted by Crippen LogP contribution is -2.41. The molecule has 0 radical (unpaired) electrons. The molecule has 2 heterocycles. The third-order valence-corrected chi connectivity index (χ3v) is 7.04. The quantitative estimate of drug-likeness (QED) is 0.252. The van der Waals surface area contributed by atoms with Gasteiger partial charge in [0.05, 0.1) is 18.6 Å². The molecule has 3 aliphatic rings. The lowest BCUT2D eigenvalue weighted by Gasteiger charge is -2.23. The van der Waals surface area contributed by atoms with Gasteiger partial charge in [-0.3, -0.25) is 25.6 Å². The van der Waals surface area contributed by atoms with Crippen molar-refractivity contribution in [3.8, 4) is 0 Å². The van der Waals surface area contributed by atoms with Crippen LogP contribution in [0.3, 0.4) is 0 Å². The lowest BCUT2D eigenvalue weighted by atomic mass is 9.92. The van der Waals surface area contributed by atoms with Crippen LogP contribution in [0.1, 0.15) is 50.8 Å². The third kappa shape index (κ3) is 4.78. The molecule has 10 nitrogen and oxygen atoms in total. The SMILES string of the molecule is Cc1nc(NNC(=O)[C@H](CC2CCCC2)CN(O)C=O)c(F)c(N2CC(O)C3(CC3)C2)n1. The Hall–Kier alpha value is -2.53. The number of aliphatic hydroxyl groups excluding tert-OH is 1. The second kappa shape index (κ2) is 9.14. The van der Waals surface area contributed by atoms with Crippen LogP contribution in [0.15, 0.2) is 0 Å². The number of hydrazine groups is 1. The molecule has 0 aromatic carbocycles. The average Bonchev–Trinajstić information content (AvgIpc) is 3.23. The highest BCUT2D eigenvalue weighted by molar-refractivity contribution is 5.80. The van der Waals surface area contributed by atoms with Crippen molar-refractivity contribution in [1.82, 2.24) is 20.5 Å². The van der Waals surface area contributed by atoms with Crippen molar-refractivity contribution < 1.29 is 24.3 Å². The number of β-amino-alcohol motifs (C(OH)–C–C–N with tert-alkyl or cyclic N) is 1. The van der Waals surface area contributed by atoms with E-state index in [9.17, 15) is 19.9 Å². The van der Waals surface area contributed by atoms with E-state index in [-0.39, 0.29) is 30.0 Å². The van der Waals surface area contributed by atoms with E-state index >= 15 is 4.39 Å². The first-order valence-electron chi connectivity index (χ1n) is 11.2. The third-order valence-electron chi connectivity index (χ3n) is 7.04. The highest BCUT2D eigenvalue weighted by Crippen LogP contribution is 2.53. The zero-order valence-corrected chi connectivity index (χ0v) is 18.3. The van der Waals surface area contributed by atoms with E-state index in [2.05, 4.69) is 20.8 Å². The number of nitrogens with zero attached hydrogens (tertiary/aromatic N) is 4. The maximum absolute atomic E-state index is 15.2. The first-order valence-corrected chi connectivity index (χ1v) is 11.2. The number of carbonyl (C=O) groups excluding carboxylic acids is 2. The summed E-state index contributed by atoms with van der Waals surface area (Å²) >= 11 is 0.